The minimum absolute atomic E-state index is 0.0265. The Morgan fingerprint density at radius 3 is 1.76 bits per heavy atom. The van der Waals surface area contributed by atoms with Gasteiger partial charge in [-0.05, 0) is 70.6 Å². The van der Waals surface area contributed by atoms with Crippen molar-refractivity contribution < 1.29 is 56.2 Å². The standard InChI is InChI=1S/C45H80O12S/c1-3-5-7-9-11-13-15-17-18-19-20-21-23-25-27-29-31-33-35-53-37-39(38-54-45-43(49)44(57-58(50,51)52)42(48)40(36-46)56-45)55-41(47)34-32-30-28-26-24-22-16-14-12-10-8-6-4-2/h5,7,11,13-14,16-18,39-40,42-46,48-49H,3-4,6,8-10,12,15,19-38H2,1-2H3,(H,50,51,52)/b7-5-,13-11-,16-14-,18-17-. The van der Waals surface area contributed by atoms with Crippen LogP contribution >= 0.6 is 0 Å². The molecule has 0 bridgehead atoms. The summed E-state index contributed by atoms with van der Waals surface area (Å²) in [5.74, 6) is -0.413. The monoisotopic (exact) mass is 845 g/mol. The number of rotatable bonds is 38. The van der Waals surface area contributed by atoms with Crippen molar-refractivity contribution in [3.05, 3.63) is 48.6 Å². The summed E-state index contributed by atoms with van der Waals surface area (Å²) < 4.78 is 59.0. The highest BCUT2D eigenvalue weighted by Crippen LogP contribution is 2.26. The van der Waals surface area contributed by atoms with Crippen molar-refractivity contribution in [2.24, 2.45) is 0 Å². The Hall–Kier alpha value is -1.94. The summed E-state index contributed by atoms with van der Waals surface area (Å²) in [6.45, 7) is 3.83. The number of hydrogen-bond donors (Lipinski definition) is 4. The first-order valence-electron chi connectivity index (χ1n) is 22.4. The number of unbranched alkanes of at least 4 members (excludes halogenated alkanes) is 17. The van der Waals surface area contributed by atoms with Gasteiger partial charge >= 0.3 is 16.4 Å². The molecule has 4 N–H and O–H groups in total. The van der Waals surface area contributed by atoms with Gasteiger partial charge in [-0.1, -0.05) is 140 Å². The molecular formula is C45H80O12S. The molecule has 1 aliphatic heterocycles. The quantitative estimate of drug-likeness (QED) is 0.0201. The van der Waals surface area contributed by atoms with E-state index in [0.717, 1.165) is 83.5 Å². The van der Waals surface area contributed by atoms with Gasteiger partial charge in [0, 0.05) is 13.0 Å². The van der Waals surface area contributed by atoms with E-state index >= 15 is 0 Å². The molecule has 0 aromatic rings. The molecule has 58 heavy (non-hydrogen) atoms. The molecule has 1 saturated heterocycles. The normalized spacial score (nSPS) is 21.0. The van der Waals surface area contributed by atoms with Gasteiger partial charge in [-0.15, -0.1) is 0 Å². The van der Waals surface area contributed by atoms with Crippen LogP contribution < -0.4 is 0 Å². The van der Waals surface area contributed by atoms with Crippen LogP contribution in [0.4, 0.5) is 0 Å². The molecule has 0 spiro atoms. The summed E-state index contributed by atoms with van der Waals surface area (Å²) in [7, 11) is -5.06. The van der Waals surface area contributed by atoms with Crippen LogP contribution in [0.15, 0.2) is 48.6 Å². The van der Waals surface area contributed by atoms with Gasteiger partial charge in [0.1, 0.15) is 30.5 Å². The number of allylic oxidation sites excluding steroid dienone is 8. The highest BCUT2D eigenvalue weighted by molar-refractivity contribution is 7.80. The van der Waals surface area contributed by atoms with Gasteiger partial charge in [0.2, 0.25) is 0 Å². The molecule has 6 atom stereocenters. The van der Waals surface area contributed by atoms with Crippen LogP contribution in [0.3, 0.4) is 0 Å². The first-order valence-corrected chi connectivity index (χ1v) is 23.8. The molecule has 0 aliphatic carbocycles. The van der Waals surface area contributed by atoms with Gasteiger partial charge in [-0.3, -0.25) is 9.35 Å². The van der Waals surface area contributed by atoms with Crippen LogP contribution in [0.5, 0.6) is 0 Å². The van der Waals surface area contributed by atoms with E-state index in [9.17, 15) is 28.5 Å². The van der Waals surface area contributed by atoms with E-state index in [1.165, 1.54) is 57.8 Å². The summed E-state index contributed by atoms with van der Waals surface area (Å²) in [5, 5.41) is 30.6. The van der Waals surface area contributed by atoms with E-state index in [4.69, 9.17) is 23.5 Å². The largest absolute Gasteiger partial charge is 0.457 e. The van der Waals surface area contributed by atoms with E-state index in [1.54, 1.807) is 0 Å². The SMILES string of the molecule is CC/C=C\C/C=C\C/C=C\CCCCCCCCCCOCC(COC1OC(CO)C(O)C(OS(=O)(=O)O)C1O)OC(=O)CCCCCCC/C=C\CCCCCC. The van der Waals surface area contributed by atoms with E-state index < -0.39 is 59.8 Å². The number of carbonyl (C=O) groups is 1. The Morgan fingerprint density at radius 2 is 1.19 bits per heavy atom. The molecule has 0 aromatic carbocycles. The molecule has 338 valence electrons. The lowest BCUT2D eigenvalue weighted by molar-refractivity contribution is -0.301. The van der Waals surface area contributed by atoms with Crippen LogP contribution in [0.1, 0.15) is 168 Å². The lowest BCUT2D eigenvalue weighted by Gasteiger charge is -2.41. The highest BCUT2D eigenvalue weighted by atomic mass is 32.3. The zero-order chi connectivity index (χ0) is 42.5. The van der Waals surface area contributed by atoms with Gasteiger partial charge in [0.05, 0.1) is 19.8 Å². The number of carbonyl (C=O) groups excluding carboxylic acids is 1. The maximum atomic E-state index is 12.8. The lowest BCUT2D eigenvalue weighted by atomic mass is 9.99. The fourth-order valence-corrected chi connectivity index (χ4v) is 7.07. The summed E-state index contributed by atoms with van der Waals surface area (Å²) in [6.07, 6.45) is 34.3. The average Bonchev–Trinajstić information content (AvgIpc) is 3.19. The van der Waals surface area contributed by atoms with Crippen molar-refractivity contribution in [2.75, 3.05) is 26.4 Å². The minimum Gasteiger partial charge on any atom is -0.457 e. The smallest absolute Gasteiger partial charge is 0.397 e. The van der Waals surface area contributed by atoms with E-state index in [-0.39, 0.29) is 19.6 Å². The topological polar surface area (TPSA) is 178 Å². The molecule has 0 aromatic heterocycles. The Bertz CT molecular complexity index is 1200. The molecule has 1 fully saturated rings. The Labute approximate surface area is 351 Å². The predicted molar refractivity (Wildman–Crippen MR) is 230 cm³/mol. The van der Waals surface area contributed by atoms with Crippen LogP contribution in [0, 0.1) is 0 Å². The molecule has 6 unspecified atom stereocenters. The van der Waals surface area contributed by atoms with Gasteiger partial charge in [0.25, 0.3) is 0 Å². The van der Waals surface area contributed by atoms with E-state index in [0.29, 0.717) is 13.0 Å². The number of aliphatic hydroxyl groups excluding tert-OH is 3. The van der Waals surface area contributed by atoms with Crippen molar-refractivity contribution in [2.45, 2.75) is 205 Å². The van der Waals surface area contributed by atoms with Crippen molar-refractivity contribution in [1.82, 2.24) is 0 Å². The first-order chi connectivity index (χ1) is 28.1. The first kappa shape index (κ1) is 54.1. The second kappa shape index (κ2) is 36.9. The third-order valence-corrected chi connectivity index (χ3v) is 10.4. The average molecular weight is 845 g/mol. The fraction of sp³-hybridized carbons (Fsp3) is 0.800. The number of ether oxygens (including phenoxy) is 4. The molecule has 1 heterocycles. The Morgan fingerprint density at radius 1 is 0.672 bits per heavy atom. The zero-order valence-electron chi connectivity index (χ0n) is 35.8. The number of aliphatic hydroxyl groups is 3. The van der Waals surface area contributed by atoms with Gasteiger partial charge in [-0.25, -0.2) is 4.18 Å². The summed E-state index contributed by atoms with van der Waals surface area (Å²) in [4.78, 5) is 12.8. The van der Waals surface area contributed by atoms with Gasteiger partial charge in [-0.2, -0.15) is 8.42 Å². The summed E-state index contributed by atoms with van der Waals surface area (Å²) in [5.41, 5.74) is 0. The Kier molecular flexibility index (Phi) is 34.4. The third kappa shape index (κ3) is 30.1. The van der Waals surface area contributed by atoms with Crippen molar-refractivity contribution >= 4 is 16.4 Å². The maximum absolute atomic E-state index is 12.8. The lowest BCUT2D eigenvalue weighted by Crippen LogP contribution is -2.60. The second-order valence-corrected chi connectivity index (χ2v) is 16.3. The maximum Gasteiger partial charge on any atom is 0.397 e. The zero-order valence-corrected chi connectivity index (χ0v) is 36.7. The Balaban J connectivity index is 2.43. The molecule has 0 radical (unpaired) electrons. The molecule has 0 saturated carbocycles. The van der Waals surface area contributed by atoms with Crippen molar-refractivity contribution in [3.63, 3.8) is 0 Å². The second-order valence-electron chi connectivity index (χ2n) is 15.3. The molecule has 12 nitrogen and oxygen atoms in total. The van der Waals surface area contributed by atoms with Crippen molar-refractivity contribution in [3.8, 4) is 0 Å². The summed E-state index contributed by atoms with van der Waals surface area (Å²) in [6, 6.07) is 0. The predicted octanol–water partition coefficient (Wildman–Crippen LogP) is 9.19. The minimum atomic E-state index is -5.06. The highest BCUT2D eigenvalue weighted by Gasteiger charge is 2.48. The van der Waals surface area contributed by atoms with Gasteiger partial charge in [0.15, 0.2) is 6.29 Å². The van der Waals surface area contributed by atoms with E-state index in [1.807, 2.05) is 0 Å². The van der Waals surface area contributed by atoms with Crippen LogP contribution in [-0.2, 0) is 38.3 Å². The molecular weight excluding hydrogens is 765 g/mol. The number of hydrogen-bond acceptors (Lipinski definition) is 11. The molecule has 1 aliphatic rings. The number of esters is 1. The van der Waals surface area contributed by atoms with Crippen molar-refractivity contribution in [1.29, 1.82) is 0 Å². The van der Waals surface area contributed by atoms with Crippen LogP contribution in [-0.4, -0.2) is 97.5 Å². The van der Waals surface area contributed by atoms with Gasteiger partial charge < -0.3 is 34.3 Å². The summed E-state index contributed by atoms with van der Waals surface area (Å²) >= 11 is 0. The molecule has 13 heteroatoms. The van der Waals surface area contributed by atoms with E-state index in [2.05, 4.69) is 66.6 Å². The fourth-order valence-electron chi connectivity index (χ4n) is 6.56. The van der Waals surface area contributed by atoms with Crippen LogP contribution in [0.25, 0.3) is 0 Å². The van der Waals surface area contributed by atoms with Crippen LogP contribution in [0.2, 0.25) is 0 Å². The third-order valence-electron chi connectivity index (χ3n) is 9.93. The molecule has 1 rings (SSSR count). The molecule has 0 amide bonds.